The first-order valence-corrected chi connectivity index (χ1v) is 10.3. The maximum Gasteiger partial charge on any atom is 0.287 e. The van der Waals surface area contributed by atoms with E-state index in [4.69, 9.17) is 20.8 Å². The molecule has 0 unspecified atom stereocenters. The first kappa shape index (κ1) is 20.6. The minimum absolute atomic E-state index is 0.00674. The Balaban J connectivity index is 1.56. The molecule has 30 heavy (non-hydrogen) atoms. The van der Waals surface area contributed by atoms with Gasteiger partial charge in [-0.05, 0) is 30.2 Å². The molecule has 1 aliphatic heterocycles. The van der Waals surface area contributed by atoms with Crippen molar-refractivity contribution in [2.45, 2.75) is 13.0 Å². The van der Waals surface area contributed by atoms with Crippen LogP contribution in [0.2, 0.25) is 5.02 Å². The number of hydrogen-bond acceptors (Lipinski definition) is 5. The molecule has 2 heterocycles. The highest BCUT2D eigenvalue weighted by Gasteiger charge is 2.24. The summed E-state index contributed by atoms with van der Waals surface area (Å²) < 4.78 is 11.2. The Morgan fingerprint density at radius 2 is 1.90 bits per heavy atom. The van der Waals surface area contributed by atoms with Crippen LogP contribution >= 0.6 is 11.6 Å². The molecule has 1 saturated heterocycles. The van der Waals surface area contributed by atoms with Gasteiger partial charge in [0.15, 0.2) is 11.2 Å². The average Bonchev–Trinajstić information content (AvgIpc) is 2.76. The smallest absolute Gasteiger partial charge is 0.287 e. The third-order valence-electron chi connectivity index (χ3n) is 5.36. The predicted octanol–water partition coefficient (Wildman–Crippen LogP) is 3.56. The van der Waals surface area contributed by atoms with Gasteiger partial charge in [0.1, 0.15) is 5.58 Å². The number of nitrogens with one attached hydrogen (secondary N) is 1. The average molecular weight is 427 g/mol. The minimum atomic E-state index is -0.421. The van der Waals surface area contributed by atoms with Crippen molar-refractivity contribution in [3.05, 3.63) is 80.7 Å². The molecule has 2 aromatic carbocycles. The summed E-state index contributed by atoms with van der Waals surface area (Å²) in [6.45, 7) is 5.13. The molecule has 6 nitrogen and oxygen atoms in total. The summed E-state index contributed by atoms with van der Waals surface area (Å²) in [7, 11) is 0. The van der Waals surface area contributed by atoms with Crippen LogP contribution in [0.4, 0.5) is 0 Å². The summed E-state index contributed by atoms with van der Waals surface area (Å²) in [5.74, 6) is -0.432. The Morgan fingerprint density at radius 3 is 2.63 bits per heavy atom. The number of rotatable bonds is 5. The quantitative estimate of drug-likeness (QED) is 0.675. The van der Waals surface area contributed by atoms with Crippen LogP contribution in [-0.2, 0) is 4.74 Å². The number of carbonyl (C=O) groups excluding carboxylic acids is 1. The van der Waals surface area contributed by atoms with Crippen molar-refractivity contribution in [1.29, 1.82) is 0 Å². The van der Waals surface area contributed by atoms with E-state index in [-0.39, 0.29) is 17.2 Å². The first-order chi connectivity index (χ1) is 14.5. The van der Waals surface area contributed by atoms with Crippen LogP contribution in [0.5, 0.6) is 0 Å². The van der Waals surface area contributed by atoms with E-state index in [0.29, 0.717) is 35.8 Å². The molecule has 0 radical (unpaired) electrons. The lowest BCUT2D eigenvalue weighted by molar-refractivity contribution is 0.0161. The number of carbonyl (C=O) groups is 1. The van der Waals surface area contributed by atoms with Crippen molar-refractivity contribution in [3.8, 4) is 0 Å². The van der Waals surface area contributed by atoms with E-state index in [1.54, 1.807) is 12.1 Å². The van der Waals surface area contributed by atoms with E-state index in [0.717, 1.165) is 24.2 Å². The lowest BCUT2D eigenvalue weighted by atomic mass is 10.0. The second-order valence-electron chi connectivity index (χ2n) is 7.36. The lowest BCUT2D eigenvalue weighted by Gasteiger charge is -2.34. The number of aryl methyl sites for hydroxylation is 1. The summed E-state index contributed by atoms with van der Waals surface area (Å²) >= 11 is 6.11. The first-order valence-electron chi connectivity index (χ1n) is 9.92. The molecule has 1 fully saturated rings. The van der Waals surface area contributed by atoms with E-state index in [1.165, 1.54) is 6.07 Å². The number of ether oxygens (including phenoxy) is 1. The van der Waals surface area contributed by atoms with Gasteiger partial charge < -0.3 is 14.5 Å². The molecule has 1 aliphatic rings. The van der Waals surface area contributed by atoms with Crippen molar-refractivity contribution >= 4 is 28.5 Å². The van der Waals surface area contributed by atoms with E-state index in [1.807, 2.05) is 25.1 Å². The Labute approximate surface area is 179 Å². The van der Waals surface area contributed by atoms with Crippen molar-refractivity contribution in [3.63, 3.8) is 0 Å². The second-order valence-corrected chi connectivity index (χ2v) is 7.76. The van der Waals surface area contributed by atoms with Crippen molar-refractivity contribution < 1.29 is 13.9 Å². The van der Waals surface area contributed by atoms with Crippen LogP contribution < -0.4 is 10.7 Å². The molecule has 1 amide bonds. The van der Waals surface area contributed by atoms with Crippen LogP contribution in [-0.4, -0.2) is 43.7 Å². The molecule has 7 heteroatoms. The van der Waals surface area contributed by atoms with Gasteiger partial charge in [0.25, 0.3) is 5.91 Å². The predicted molar refractivity (Wildman–Crippen MR) is 116 cm³/mol. The van der Waals surface area contributed by atoms with E-state index < -0.39 is 5.91 Å². The fraction of sp³-hybridized carbons (Fsp3) is 0.304. The molecular formula is C23H23ClN2O4. The van der Waals surface area contributed by atoms with Gasteiger partial charge in [-0.2, -0.15) is 0 Å². The van der Waals surface area contributed by atoms with E-state index >= 15 is 0 Å². The van der Waals surface area contributed by atoms with Crippen LogP contribution in [0.3, 0.4) is 0 Å². The van der Waals surface area contributed by atoms with Gasteiger partial charge in [0, 0.05) is 30.7 Å². The van der Waals surface area contributed by atoms with E-state index in [9.17, 15) is 9.59 Å². The SMILES string of the molecule is Cc1cc2oc(C(=O)NC[C@@H](c3ccccc3)N3CCOCC3)cc(=O)c2cc1Cl. The van der Waals surface area contributed by atoms with Crippen LogP contribution in [0.15, 0.2) is 57.7 Å². The highest BCUT2D eigenvalue weighted by Crippen LogP contribution is 2.23. The Morgan fingerprint density at radius 1 is 1.17 bits per heavy atom. The van der Waals surface area contributed by atoms with Crippen LogP contribution in [0.1, 0.15) is 27.7 Å². The molecule has 156 valence electrons. The zero-order chi connectivity index (χ0) is 21.1. The van der Waals surface area contributed by atoms with Crippen molar-refractivity contribution in [2.24, 2.45) is 0 Å². The second kappa shape index (κ2) is 9.00. The molecule has 0 aliphatic carbocycles. The Bertz CT molecular complexity index is 1110. The van der Waals surface area contributed by atoms with Gasteiger partial charge in [0.05, 0.1) is 24.6 Å². The fourth-order valence-corrected chi connectivity index (χ4v) is 3.85. The topological polar surface area (TPSA) is 71.8 Å². The van der Waals surface area contributed by atoms with Crippen molar-refractivity contribution in [2.75, 3.05) is 32.8 Å². The maximum absolute atomic E-state index is 12.8. The van der Waals surface area contributed by atoms with Gasteiger partial charge in [-0.25, -0.2) is 0 Å². The van der Waals surface area contributed by atoms with Crippen LogP contribution in [0.25, 0.3) is 11.0 Å². The molecular weight excluding hydrogens is 404 g/mol. The van der Waals surface area contributed by atoms with Gasteiger partial charge in [-0.3, -0.25) is 14.5 Å². The third kappa shape index (κ3) is 4.41. The highest BCUT2D eigenvalue weighted by molar-refractivity contribution is 6.32. The minimum Gasteiger partial charge on any atom is -0.451 e. The summed E-state index contributed by atoms with van der Waals surface area (Å²) in [6, 6.07) is 14.5. The zero-order valence-electron chi connectivity index (χ0n) is 16.7. The summed E-state index contributed by atoms with van der Waals surface area (Å²) in [5.41, 5.74) is 1.95. The maximum atomic E-state index is 12.8. The van der Waals surface area contributed by atoms with Crippen LogP contribution in [0, 0.1) is 6.92 Å². The van der Waals surface area contributed by atoms with Gasteiger partial charge in [0.2, 0.25) is 0 Å². The summed E-state index contributed by atoms with van der Waals surface area (Å²) in [5, 5.41) is 3.78. The third-order valence-corrected chi connectivity index (χ3v) is 5.77. The number of hydrogen-bond donors (Lipinski definition) is 1. The highest BCUT2D eigenvalue weighted by atomic mass is 35.5. The number of benzene rings is 2. The Hall–Kier alpha value is -2.67. The molecule has 0 spiro atoms. The fourth-order valence-electron chi connectivity index (χ4n) is 3.69. The number of morpholine rings is 1. The summed E-state index contributed by atoms with van der Waals surface area (Å²) in [6.07, 6.45) is 0. The largest absolute Gasteiger partial charge is 0.451 e. The number of nitrogens with zero attached hydrogens (tertiary/aromatic N) is 1. The summed E-state index contributed by atoms with van der Waals surface area (Å²) in [4.78, 5) is 27.5. The zero-order valence-corrected chi connectivity index (χ0v) is 17.4. The number of halogens is 1. The van der Waals surface area contributed by atoms with Gasteiger partial charge in [-0.1, -0.05) is 41.9 Å². The molecule has 1 N–H and O–H groups in total. The van der Waals surface area contributed by atoms with Gasteiger partial charge in [-0.15, -0.1) is 0 Å². The molecule has 0 saturated carbocycles. The van der Waals surface area contributed by atoms with E-state index in [2.05, 4.69) is 22.3 Å². The number of fused-ring (bicyclic) bond motifs is 1. The van der Waals surface area contributed by atoms with Gasteiger partial charge >= 0.3 is 0 Å². The standard InChI is InChI=1S/C23H23ClN2O4/c1-15-11-21-17(12-18(15)24)20(27)13-22(30-21)23(28)25-14-19(16-5-3-2-4-6-16)26-7-9-29-10-8-26/h2-6,11-13,19H,7-10,14H2,1H3,(H,25,28)/t19-/m0/s1. The molecule has 0 bridgehead atoms. The lowest BCUT2D eigenvalue weighted by Crippen LogP contribution is -2.43. The monoisotopic (exact) mass is 426 g/mol. The van der Waals surface area contributed by atoms with Crippen molar-refractivity contribution in [1.82, 2.24) is 10.2 Å². The molecule has 1 atom stereocenters. The molecule has 4 rings (SSSR count). The molecule has 1 aromatic heterocycles. The number of amides is 1. The Kier molecular flexibility index (Phi) is 6.18. The normalized spacial score (nSPS) is 15.8. The molecule has 3 aromatic rings.